The molecule has 1 heterocycles. The van der Waals surface area contributed by atoms with Gasteiger partial charge < -0.3 is 20.1 Å². The van der Waals surface area contributed by atoms with Crippen LogP contribution in [-0.4, -0.2) is 33.3 Å². The number of aliphatic hydroxyl groups is 1. The molecule has 0 aliphatic heterocycles. The summed E-state index contributed by atoms with van der Waals surface area (Å²) in [5.41, 5.74) is 3.40. The van der Waals surface area contributed by atoms with Crippen molar-refractivity contribution >= 4 is 40.1 Å². The molecule has 4 aromatic rings. The van der Waals surface area contributed by atoms with Crippen molar-refractivity contribution in [2.24, 2.45) is 0 Å². The number of aliphatic hydroxyl groups excluding tert-OH is 1. The first-order chi connectivity index (χ1) is 15.5. The van der Waals surface area contributed by atoms with Crippen LogP contribution >= 0.6 is 11.6 Å². The molecule has 0 radical (unpaired) electrons. The Kier molecular flexibility index (Phi) is 6.25. The SMILES string of the molecule is O=C(O)c1cc(Cl)ccc1NC(=O)c1cc2cc(-c3ccccc3)ccc2n1CCCO. The molecule has 162 valence electrons. The number of fused-ring (bicyclic) bond motifs is 1. The number of amides is 1. The van der Waals surface area contributed by atoms with Gasteiger partial charge in [-0.15, -0.1) is 0 Å². The summed E-state index contributed by atoms with van der Waals surface area (Å²) in [7, 11) is 0. The molecule has 0 saturated heterocycles. The molecule has 3 N–H and O–H groups in total. The summed E-state index contributed by atoms with van der Waals surface area (Å²) in [6, 6.07) is 22.0. The van der Waals surface area contributed by atoms with E-state index in [1.165, 1.54) is 18.2 Å². The van der Waals surface area contributed by atoms with E-state index in [-0.39, 0.29) is 22.9 Å². The fourth-order valence-electron chi connectivity index (χ4n) is 3.73. The number of halogens is 1. The zero-order valence-electron chi connectivity index (χ0n) is 17.1. The minimum atomic E-state index is -1.18. The van der Waals surface area contributed by atoms with Gasteiger partial charge in [0, 0.05) is 29.1 Å². The van der Waals surface area contributed by atoms with Crippen LogP contribution in [0.25, 0.3) is 22.0 Å². The molecule has 0 unspecified atom stereocenters. The van der Waals surface area contributed by atoms with Crippen molar-refractivity contribution in [3.8, 4) is 11.1 Å². The van der Waals surface area contributed by atoms with E-state index < -0.39 is 11.9 Å². The number of rotatable bonds is 7. The van der Waals surface area contributed by atoms with E-state index in [4.69, 9.17) is 11.6 Å². The second-order valence-corrected chi connectivity index (χ2v) is 7.78. The molecule has 0 aliphatic carbocycles. The molecule has 0 bridgehead atoms. The molecule has 0 saturated carbocycles. The molecule has 7 heteroatoms. The van der Waals surface area contributed by atoms with E-state index in [2.05, 4.69) is 5.32 Å². The lowest BCUT2D eigenvalue weighted by Gasteiger charge is -2.12. The van der Waals surface area contributed by atoms with Gasteiger partial charge in [-0.25, -0.2) is 4.79 Å². The lowest BCUT2D eigenvalue weighted by atomic mass is 10.0. The molecule has 0 spiro atoms. The largest absolute Gasteiger partial charge is 0.478 e. The van der Waals surface area contributed by atoms with Gasteiger partial charge in [0.1, 0.15) is 5.69 Å². The van der Waals surface area contributed by atoms with Gasteiger partial charge in [-0.1, -0.05) is 48.0 Å². The molecule has 4 rings (SSSR count). The average molecular weight is 449 g/mol. The minimum Gasteiger partial charge on any atom is -0.478 e. The zero-order valence-corrected chi connectivity index (χ0v) is 17.8. The number of nitrogens with one attached hydrogen (secondary N) is 1. The standard InChI is InChI=1S/C25H21ClN2O4/c26-19-8-9-21(20(15-19)25(31)32)27-24(30)23-14-18-13-17(16-5-2-1-3-6-16)7-10-22(18)28(23)11-4-12-29/h1-3,5-10,13-15,29H,4,11-12H2,(H,27,30)(H,31,32). The lowest BCUT2D eigenvalue weighted by molar-refractivity contribution is 0.0698. The number of nitrogens with zero attached hydrogens (tertiary/aromatic N) is 1. The first kappa shape index (κ1) is 21.6. The van der Waals surface area contributed by atoms with Gasteiger partial charge in [0.15, 0.2) is 0 Å². The zero-order chi connectivity index (χ0) is 22.7. The summed E-state index contributed by atoms with van der Waals surface area (Å²) >= 11 is 5.91. The molecule has 1 aromatic heterocycles. The third-order valence-electron chi connectivity index (χ3n) is 5.24. The molecule has 1 amide bonds. The average Bonchev–Trinajstić information content (AvgIpc) is 3.17. The quantitative estimate of drug-likeness (QED) is 0.358. The molecular weight excluding hydrogens is 428 g/mol. The number of aromatic nitrogens is 1. The van der Waals surface area contributed by atoms with Crippen molar-refractivity contribution in [2.75, 3.05) is 11.9 Å². The van der Waals surface area contributed by atoms with Crippen molar-refractivity contribution in [3.63, 3.8) is 0 Å². The molecule has 6 nitrogen and oxygen atoms in total. The number of carboxylic acid groups (broad SMARTS) is 1. The fraction of sp³-hybridized carbons (Fsp3) is 0.120. The maximum absolute atomic E-state index is 13.2. The van der Waals surface area contributed by atoms with E-state index in [0.29, 0.717) is 18.7 Å². The number of benzene rings is 3. The summed E-state index contributed by atoms with van der Waals surface area (Å²) < 4.78 is 1.84. The van der Waals surface area contributed by atoms with Gasteiger partial charge in [0.2, 0.25) is 0 Å². The highest BCUT2D eigenvalue weighted by Crippen LogP contribution is 2.28. The first-order valence-corrected chi connectivity index (χ1v) is 10.5. The predicted molar refractivity (Wildman–Crippen MR) is 125 cm³/mol. The summed E-state index contributed by atoms with van der Waals surface area (Å²) in [6.45, 7) is 0.434. The number of carbonyl (C=O) groups is 2. The van der Waals surface area contributed by atoms with E-state index in [9.17, 15) is 19.8 Å². The Balaban J connectivity index is 1.75. The number of aryl methyl sites for hydroxylation is 1. The van der Waals surface area contributed by atoms with Gasteiger partial charge in [-0.3, -0.25) is 4.79 Å². The van der Waals surface area contributed by atoms with Crippen LogP contribution in [-0.2, 0) is 6.54 Å². The van der Waals surface area contributed by atoms with E-state index >= 15 is 0 Å². The highest BCUT2D eigenvalue weighted by Gasteiger charge is 2.19. The van der Waals surface area contributed by atoms with Crippen LogP contribution < -0.4 is 5.32 Å². The Morgan fingerprint density at radius 2 is 1.72 bits per heavy atom. The third-order valence-corrected chi connectivity index (χ3v) is 5.48. The Labute approximate surface area is 189 Å². The van der Waals surface area contributed by atoms with Crippen LogP contribution in [0.4, 0.5) is 5.69 Å². The summed E-state index contributed by atoms with van der Waals surface area (Å²) in [4.78, 5) is 24.7. The van der Waals surface area contributed by atoms with Crippen LogP contribution in [0.3, 0.4) is 0 Å². The Morgan fingerprint density at radius 3 is 2.44 bits per heavy atom. The van der Waals surface area contributed by atoms with Crippen LogP contribution in [0.2, 0.25) is 5.02 Å². The summed E-state index contributed by atoms with van der Waals surface area (Å²) in [5, 5.41) is 22.6. The van der Waals surface area contributed by atoms with Crippen LogP contribution in [0.15, 0.2) is 72.8 Å². The van der Waals surface area contributed by atoms with Gasteiger partial charge in [-0.2, -0.15) is 0 Å². The highest BCUT2D eigenvalue weighted by molar-refractivity contribution is 6.31. The van der Waals surface area contributed by atoms with Crippen LogP contribution in [0, 0.1) is 0 Å². The van der Waals surface area contributed by atoms with Gasteiger partial charge >= 0.3 is 5.97 Å². The van der Waals surface area contributed by atoms with Crippen molar-refractivity contribution in [2.45, 2.75) is 13.0 Å². The van der Waals surface area contributed by atoms with Gasteiger partial charge in [-0.05, 0) is 53.9 Å². The molecule has 0 fully saturated rings. The molecule has 32 heavy (non-hydrogen) atoms. The van der Waals surface area contributed by atoms with E-state index in [1.807, 2.05) is 53.1 Å². The number of hydrogen-bond acceptors (Lipinski definition) is 3. The highest BCUT2D eigenvalue weighted by atomic mass is 35.5. The number of carbonyl (C=O) groups excluding carboxylic acids is 1. The van der Waals surface area contributed by atoms with Crippen molar-refractivity contribution in [1.29, 1.82) is 0 Å². The Bertz CT molecular complexity index is 1300. The Morgan fingerprint density at radius 1 is 0.938 bits per heavy atom. The molecule has 3 aromatic carbocycles. The first-order valence-electron chi connectivity index (χ1n) is 10.1. The lowest BCUT2D eigenvalue weighted by Crippen LogP contribution is -2.19. The second-order valence-electron chi connectivity index (χ2n) is 7.35. The Hall–Kier alpha value is -3.61. The third kappa shape index (κ3) is 4.37. The monoisotopic (exact) mass is 448 g/mol. The summed E-state index contributed by atoms with van der Waals surface area (Å²) in [6.07, 6.45) is 0.478. The second kappa shape index (κ2) is 9.26. The van der Waals surface area contributed by atoms with Crippen molar-refractivity contribution in [1.82, 2.24) is 4.57 Å². The topological polar surface area (TPSA) is 91.6 Å². The van der Waals surface area contributed by atoms with Crippen LogP contribution in [0.5, 0.6) is 0 Å². The fourth-order valence-corrected chi connectivity index (χ4v) is 3.90. The predicted octanol–water partition coefficient (Wildman–Crippen LogP) is 5.29. The number of anilines is 1. The van der Waals surface area contributed by atoms with Crippen LogP contribution in [0.1, 0.15) is 27.3 Å². The summed E-state index contributed by atoms with van der Waals surface area (Å²) in [5.74, 6) is -1.62. The minimum absolute atomic E-state index is 0.0107. The molecule has 0 atom stereocenters. The van der Waals surface area contributed by atoms with Gasteiger partial charge in [0.05, 0.1) is 11.3 Å². The van der Waals surface area contributed by atoms with E-state index in [0.717, 1.165) is 22.0 Å². The number of carboxylic acids is 1. The number of aromatic carboxylic acids is 1. The van der Waals surface area contributed by atoms with Crippen molar-refractivity contribution < 1.29 is 19.8 Å². The molecule has 0 aliphatic rings. The number of hydrogen-bond donors (Lipinski definition) is 3. The van der Waals surface area contributed by atoms with E-state index in [1.54, 1.807) is 6.07 Å². The smallest absolute Gasteiger partial charge is 0.337 e. The van der Waals surface area contributed by atoms with Crippen molar-refractivity contribution in [3.05, 3.63) is 89.1 Å². The maximum atomic E-state index is 13.2. The van der Waals surface area contributed by atoms with Gasteiger partial charge in [0.25, 0.3) is 5.91 Å². The normalized spacial score (nSPS) is 10.9. The maximum Gasteiger partial charge on any atom is 0.337 e. The molecular formula is C25H21ClN2O4.